The van der Waals surface area contributed by atoms with E-state index >= 15 is 0 Å². The molecule has 1 N–H and O–H groups in total. The van der Waals surface area contributed by atoms with Crippen molar-refractivity contribution in [3.05, 3.63) is 53.3 Å². The van der Waals surface area contributed by atoms with Gasteiger partial charge < -0.3 is 5.32 Å². The standard InChI is InChI=1S/C16H21N3S/c1-11-5-7-14(8-6-11)15(17-4)13(3)20-16-18-10-9-12(2)19-16/h5-10,13,15,17H,1-4H3. The summed E-state index contributed by atoms with van der Waals surface area (Å²) < 4.78 is 0. The molecule has 20 heavy (non-hydrogen) atoms. The summed E-state index contributed by atoms with van der Waals surface area (Å²) in [5.74, 6) is 0. The average molecular weight is 287 g/mol. The third kappa shape index (κ3) is 3.81. The summed E-state index contributed by atoms with van der Waals surface area (Å²) in [5, 5.41) is 4.59. The minimum atomic E-state index is 0.282. The second-order valence-corrected chi connectivity index (χ2v) is 6.33. The summed E-state index contributed by atoms with van der Waals surface area (Å²) in [4.78, 5) is 8.79. The Bertz CT molecular complexity index is 554. The van der Waals surface area contributed by atoms with Crippen molar-refractivity contribution in [1.29, 1.82) is 0 Å². The lowest BCUT2D eigenvalue weighted by Crippen LogP contribution is -2.25. The Morgan fingerprint density at radius 3 is 2.40 bits per heavy atom. The molecule has 4 heteroatoms. The van der Waals surface area contributed by atoms with E-state index in [1.165, 1.54) is 11.1 Å². The number of hydrogen-bond acceptors (Lipinski definition) is 4. The van der Waals surface area contributed by atoms with Gasteiger partial charge in [0.1, 0.15) is 0 Å². The van der Waals surface area contributed by atoms with E-state index < -0.39 is 0 Å². The van der Waals surface area contributed by atoms with Crippen LogP contribution in [0.25, 0.3) is 0 Å². The van der Waals surface area contributed by atoms with Crippen LogP contribution < -0.4 is 5.32 Å². The highest BCUT2D eigenvalue weighted by Crippen LogP contribution is 2.30. The average Bonchev–Trinajstić information content (AvgIpc) is 2.42. The van der Waals surface area contributed by atoms with Crippen molar-refractivity contribution in [2.45, 2.75) is 37.2 Å². The largest absolute Gasteiger partial charge is 0.312 e. The molecule has 1 aromatic carbocycles. The van der Waals surface area contributed by atoms with E-state index in [0.29, 0.717) is 5.25 Å². The maximum absolute atomic E-state index is 4.46. The predicted octanol–water partition coefficient (Wildman–Crippen LogP) is 3.53. The van der Waals surface area contributed by atoms with Crippen LogP contribution in [0.2, 0.25) is 0 Å². The predicted molar refractivity (Wildman–Crippen MR) is 85.1 cm³/mol. The summed E-state index contributed by atoms with van der Waals surface area (Å²) >= 11 is 1.70. The molecule has 1 aromatic heterocycles. The molecule has 0 amide bonds. The number of benzene rings is 1. The zero-order valence-electron chi connectivity index (χ0n) is 12.4. The zero-order valence-corrected chi connectivity index (χ0v) is 13.2. The minimum absolute atomic E-state index is 0.282. The fraction of sp³-hybridized carbons (Fsp3) is 0.375. The van der Waals surface area contributed by atoms with Gasteiger partial charge in [0.25, 0.3) is 0 Å². The third-order valence-corrected chi connectivity index (χ3v) is 4.33. The molecule has 2 aromatic rings. The van der Waals surface area contributed by atoms with E-state index in [1.54, 1.807) is 11.8 Å². The Morgan fingerprint density at radius 1 is 1.10 bits per heavy atom. The van der Waals surface area contributed by atoms with Crippen LogP contribution in [0.5, 0.6) is 0 Å². The maximum Gasteiger partial charge on any atom is 0.188 e. The molecule has 0 saturated carbocycles. The summed E-state index contributed by atoms with van der Waals surface area (Å²) in [7, 11) is 2.00. The van der Waals surface area contributed by atoms with Gasteiger partial charge in [-0.1, -0.05) is 48.5 Å². The van der Waals surface area contributed by atoms with Crippen LogP contribution in [-0.4, -0.2) is 22.3 Å². The second kappa shape index (κ2) is 6.86. The van der Waals surface area contributed by atoms with E-state index in [0.717, 1.165) is 10.9 Å². The Morgan fingerprint density at radius 2 is 1.80 bits per heavy atom. The molecule has 0 aliphatic rings. The molecular formula is C16H21N3S. The normalized spacial score (nSPS) is 14.0. The molecule has 0 saturated heterocycles. The summed E-state index contributed by atoms with van der Waals surface area (Å²) in [6.07, 6.45) is 1.82. The molecule has 1 heterocycles. The SMILES string of the molecule is CNC(c1ccc(C)cc1)C(C)Sc1nccc(C)n1. The Kier molecular flexibility index (Phi) is 5.15. The van der Waals surface area contributed by atoms with Gasteiger partial charge in [-0.2, -0.15) is 0 Å². The highest BCUT2D eigenvalue weighted by molar-refractivity contribution is 7.99. The van der Waals surface area contributed by atoms with Crippen molar-refractivity contribution in [1.82, 2.24) is 15.3 Å². The maximum atomic E-state index is 4.46. The number of aromatic nitrogens is 2. The van der Waals surface area contributed by atoms with E-state index in [1.807, 2.05) is 26.2 Å². The fourth-order valence-electron chi connectivity index (χ4n) is 2.16. The lowest BCUT2D eigenvalue weighted by Gasteiger charge is -2.23. The first-order chi connectivity index (χ1) is 9.60. The van der Waals surface area contributed by atoms with Gasteiger partial charge in [-0.15, -0.1) is 0 Å². The summed E-state index contributed by atoms with van der Waals surface area (Å²) in [6.45, 7) is 6.31. The number of hydrogen-bond donors (Lipinski definition) is 1. The van der Waals surface area contributed by atoms with Crippen LogP contribution >= 0.6 is 11.8 Å². The molecule has 106 valence electrons. The van der Waals surface area contributed by atoms with Crippen LogP contribution in [0, 0.1) is 13.8 Å². The Hall–Kier alpha value is -1.39. The van der Waals surface area contributed by atoms with Crippen molar-refractivity contribution < 1.29 is 0 Å². The molecule has 0 aliphatic carbocycles. The van der Waals surface area contributed by atoms with E-state index in [-0.39, 0.29) is 6.04 Å². The fourth-order valence-corrected chi connectivity index (χ4v) is 3.24. The third-order valence-electron chi connectivity index (χ3n) is 3.28. The van der Waals surface area contributed by atoms with Crippen LogP contribution in [0.15, 0.2) is 41.7 Å². The van der Waals surface area contributed by atoms with E-state index in [4.69, 9.17) is 0 Å². The Labute approximate surface area is 125 Å². The minimum Gasteiger partial charge on any atom is -0.312 e. The first-order valence-electron chi connectivity index (χ1n) is 6.80. The zero-order chi connectivity index (χ0) is 14.5. The molecule has 0 aliphatic heterocycles. The van der Waals surface area contributed by atoms with Crippen molar-refractivity contribution >= 4 is 11.8 Å². The van der Waals surface area contributed by atoms with Gasteiger partial charge in [0.05, 0.1) is 0 Å². The van der Waals surface area contributed by atoms with Gasteiger partial charge >= 0.3 is 0 Å². The lowest BCUT2D eigenvalue weighted by atomic mass is 10.0. The van der Waals surface area contributed by atoms with Crippen molar-refractivity contribution in [2.75, 3.05) is 7.05 Å². The molecule has 2 unspecified atom stereocenters. The van der Waals surface area contributed by atoms with Crippen molar-refractivity contribution in [3.8, 4) is 0 Å². The number of nitrogens with zero attached hydrogens (tertiary/aromatic N) is 2. The van der Waals surface area contributed by atoms with E-state index in [2.05, 4.69) is 53.4 Å². The lowest BCUT2D eigenvalue weighted by molar-refractivity contribution is 0.588. The molecule has 0 bridgehead atoms. The van der Waals surface area contributed by atoms with Gasteiger partial charge in [0, 0.05) is 23.2 Å². The molecule has 3 nitrogen and oxygen atoms in total. The molecule has 0 spiro atoms. The summed E-state index contributed by atoms with van der Waals surface area (Å²) in [5.41, 5.74) is 3.59. The highest BCUT2D eigenvalue weighted by Gasteiger charge is 2.19. The molecule has 0 radical (unpaired) electrons. The number of aryl methyl sites for hydroxylation is 2. The van der Waals surface area contributed by atoms with Crippen molar-refractivity contribution in [2.24, 2.45) is 0 Å². The Balaban J connectivity index is 2.13. The number of nitrogens with one attached hydrogen (secondary N) is 1. The molecule has 2 atom stereocenters. The van der Waals surface area contributed by atoms with Crippen LogP contribution in [0.3, 0.4) is 0 Å². The van der Waals surface area contributed by atoms with Gasteiger partial charge in [-0.3, -0.25) is 0 Å². The molecule has 2 rings (SSSR count). The van der Waals surface area contributed by atoms with Crippen LogP contribution in [-0.2, 0) is 0 Å². The van der Waals surface area contributed by atoms with Crippen LogP contribution in [0.4, 0.5) is 0 Å². The number of rotatable bonds is 5. The second-order valence-electron chi connectivity index (χ2n) is 4.98. The van der Waals surface area contributed by atoms with E-state index in [9.17, 15) is 0 Å². The first-order valence-corrected chi connectivity index (χ1v) is 7.68. The summed E-state index contributed by atoms with van der Waals surface area (Å²) in [6, 6.07) is 10.9. The van der Waals surface area contributed by atoms with Gasteiger partial charge in [-0.05, 0) is 32.5 Å². The monoisotopic (exact) mass is 287 g/mol. The molecule has 0 fully saturated rings. The van der Waals surface area contributed by atoms with Gasteiger partial charge in [-0.25, -0.2) is 9.97 Å². The quantitative estimate of drug-likeness (QED) is 0.674. The van der Waals surface area contributed by atoms with Crippen molar-refractivity contribution in [3.63, 3.8) is 0 Å². The van der Waals surface area contributed by atoms with Crippen LogP contribution in [0.1, 0.15) is 29.8 Å². The number of thioether (sulfide) groups is 1. The van der Waals surface area contributed by atoms with Gasteiger partial charge in [0.2, 0.25) is 0 Å². The topological polar surface area (TPSA) is 37.8 Å². The van der Waals surface area contributed by atoms with Gasteiger partial charge in [0.15, 0.2) is 5.16 Å². The first kappa shape index (κ1) is 15.0. The highest BCUT2D eigenvalue weighted by atomic mass is 32.2. The smallest absolute Gasteiger partial charge is 0.188 e. The molecular weight excluding hydrogens is 266 g/mol.